The summed E-state index contributed by atoms with van der Waals surface area (Å²) in [5.41, 5.74) is 1.70. The second-order valence-corrected chi connectivity index (χ2v) is 9.28. The predicted molar refractivity (Wildman–Crippen MR) is 114 cm³/mol. The van der Waals surface area contributed by atoms with E-state index in [2.05, 4.69) is 5.32 Å². The molecule has 0 spiro atoms. The van der Waals surface area contributed by atoms with Gasteiger partial charge in [-0.3, -0.25) is 9.10 Å². The van der Waals surface area contributed by atoms with Crippen LogP contribution >= 0.6 is 0 Å². The normalized spacial score (nSPS) is 16.6. The van der Waals surface area contributed by atoms with E-state index < -0.39 is 28.5 Å². The lowest BCUT2D eigenvalue weighted by Crippen LogP contribution is -2.36. The molecule has 0 aliphatic carbocycles. The Bertz CT molecular complexity index is 1050. The van der Waals surface area contributed by atoms with Crippen molar-refractivity contribution in [2.45, 2.75) is 50.6 Å². The van der Waals surface area contributed by atoms with Crippen LogP contribution in [0.2, 0.25) is 0 Å². The van der Waals surface area contributed by atoms with Gasteiger partial charge in [0.05, 0.1) is 16.1 Å². The van der Waals surface area contributed by atoms with E-state index in [0.29, 0.717) is 12.1 Å². The summed E-state index contributed by atoms with van der Waals surface area (Å²) < 4.78 is 33.1. The maximum absolute atomic E-state index is 13.3. The molecule has 160 valence electrons. The first-order valence-electron chi connectivity index (χ1n) is 9.93. The van der Waals surface area contributed by atoms with Crippen molar-refractivity contribution in [2.75, 3.05) is 10.9 Å². The van der Waals surface area contributed by atoms with E-state index >= 15 is 0 Å². The highest BCUT2D eigenvalue weighted by atomic mass is 32.2. The lowest BCUT2D eigenvalue weighted by atomic mass is 10.1. The lowest BCUT2D eigenvalue weighted by molar-refractivity contribution is -0.124. The fourth-order valence-electron chi connectivity index (χ4n) is 3.43. The van der Waals surface area contributed by atoms with E-state index in [-0.39, 0.29) is 22.5 Å². The number of benzene rings is 2. The molecule has 8 heteroatoms. The summed E-state index contributed by atoms with van der Waals surface area (Å²) >= 11 is 0. The molecule has 0 bridgehead atoms. The van der Waals surface area contributed by atoms with Crippen LogP contribution in [-0.2, 0) is 26.0 Å². The van der Waals surface area contributed by atoms with Gasteiger partial charge in [-0.05, 0) is 56.5 Å². The summed E-state index contributed by atoms with van der Waals surface area (Å²) in [5.74, 6) is -1.15. The van der Waals surface area contributed by atoms with Gasteiger partial charge in [-0.1, -0.05) is 31.2 Å². The molecule has 2 aromatic carbocycles. The Morgan fingerprint density at radius 2 is 1.93 bits per heavy atom. The van der Waals surface area contributed by atoms with E-state index in [9.17, 15) is 18.0 Å². The van der Waals surface area contributed by atoms with Crippen LogP contribution in [0.4, 0.5) is 5.69 Å². The number of nitrogens with zero attached hydrogens (tertiary/aromatic N) is 1. The number of carbonyl (C=O) groups excluding carboxylic acids is 2. The number of rotatable bonds is 7. The Balaban J connectivity index is 1.78. The SMILES string of the molecule is CCC(C)NC(=O)COC(=O)c1cccc(S(=O)(=O)N2c3ccccc3CC2C)c1. The summed E-state index contributed by atoms with van der Waals surface area (Å²) in [6, 6.07) is 12.8. The smallest absolute Gasteiger partial charge is 0.338 e. The zero-order valence-electron chi connectivity index (χ0n) is 17.3. The Morgan fingerprint density at radius 3 is 2.67 bits per heavy atom. The molecule has 1 heterocycles. The molecule has 2 aromatic rings. The number of anilines is 1. The molecule has 7 nitrogen and oxygen atoms in total. The molecule has 1 aliphatic rings. The Morgan fingerprint density at radius 1 is 1.20 bits per heavy atom. The molecule has 1 N–H and O–H groups in total. The quantitative estimate of drug-likeness (QED) is 0.682. The van der Waals surface area contributed by atoms with Crippen LogP contribution in [0, 0.1) is 0 Å². The van der Waals surface area contributed by atoms with Crippen molar-refractivity contribution < 1.29 is 22.7 Å². The fraction of sp³-hybridized carbons (Fsp3) is 0.364. The number of carbonyl (C=O) groups is 2. The van der Waals surface area contributed by atoms with Gasteiger partial charge in [0.2, 0.25) is 0 Å². The zero-order valence-corrected chi connectivity index (χ0v) is 18.1. The number of para-hydroxylation sites is 1. The average Bonchev–Trinajstić information content (AvgIpc) is 3.08. The highest BCUT2D eigenvalue weighted by Crippen LogP contribution is 2.36. The third kappa shape index (κ3) is 4.48. The maximum Gasteiger partial charge on any atom is 0.338 e. The van der Waals surface area contributed by atoms with E-state index in [1.165, 1.54) is 28.6 Å². The Labute approximate surface area is 177 Å². The van der Waals surface area contributed by atoms with E-state index in [0.717, 1.165) is 12.0 Å². The fourth-order valence-corrected chi connectivity index (χ4v) is 5.17. The van der Waals surface area contributed by atoms with Crippen molar-refractivity contribution in [1.82, 2.24) is 5.32 Å². The van der Waals surface area contributed by atoms with Gasteiger partial charge in [0.1, 0.15) is 0 Å². The minimum absolute atomic E-state index is 0.00422. The summed E-state index contributed by atoms with van der Waals surface area (Å²) in [4.78, 5) is 24.2. The number of amides is 1. The Hall–Kier alpha value is -2.87. The number of hydrogen-bond acceptors (Lipinski definition) is 5. The van der Waals surface area contributed by atoms with E-state index in [1.54, 1.807) is 12.1 Å². The molecule has 3 rings (SSSR count). The van der Waals surface area contributed by atoms with Crippen LogP contribution in [0.3, 0.4) is 0 Å². The zero-order chi connectivity index (χ0) is 21.9. The number of sulfonamides is 1. The summed E-state index contributed by atoms with van der Waals surface area (Å²) in [6.45, 7) is 5.22. The summed E-state index contributed by atoms with van der Waals surface area (Å²) in [5, 5.41) is 2.70. The largest absolute Gasteiger partial charge is 0.452 e. The number of hydrogen-bond donors (Lipinski definition) is 1. The standard InChI is InChI=1S/C22H26N2O5S/c1-4-15(2)23-21(25)14-29-22(26)18-9-7-10-19(13-18)30(27,28)24-16(3)12-17-8-5-6-11-20(17)24/h5-11,13,15-16H,4,12,14H2,1-3H3,(H,23,25). The van der Waals surface area contributed by atoms with Crippen LogP contribution in [0.15, 0.2) is 53.4 Å². The van der Waals surface area contributed by atoms with Crippen molar-refractivity contribution in [2.24, 2.45) is 0 Å². The van der Waals surface area contributed by atoms with Crippen molar-refractivity contribution in [1.29, 1.82) is 0 Å². The van der Waals surface area contributed by atoms with Gasteiger partial charge >= 0.3 is 5.97 Å². The van der Waals surface area contributed by atoms with Crippen molar-refractivity contribution in [3.05, 3.63) is 59.7 Å². The highest BCUT2D eigenvalue weighted by Gasteiger charge is 2.36. The van der Waals surface area contributed by atoms with Crippen molar-refractivity contribution in [3.63, 3.8) is 0 Å². The molecular formula is C22H26N2O5S. The minimum Gasteiger partial charge on any atom is -0.452 e. The Kier molecular flexibility index (Phi) is 6.45. The van der Waals surface area contributed by atoms with Gasteiger partial charge in [-0.2, -0.15) is 0 Å². The molecule has 2 atom stereocenters. The van der Waals surface area contributed by atoms with Crippen molar-refractivity contribution in [3.8, 4) is 0 Å². The van der Waals surface area contributed by atoms with Crippen LogP contribution in [0.5, 0.6) is 0 Å². The predicted octanol–water partition coefficient (Wildman–Crippen LogP) is 2.90. The molecule has 30 heavy (non-hydrogen) atoms. The van der Waals surface area contributed by atoms with Crippen LogP contribution in [-0.4, -0.2) is 39.0 Å². The minimum atomic E-state index is -3.86. The number of fused-ring (bicyclic) bond motifs is 1. The molecule has 0 radical (unpaired) electrons. The van der Waals surface area contributed by atoms with Gasteiger partial charge in [0.15, 0.2) is 6.61 Å². The molecule has 0 fully saturated rings. The molecule has 2 unspecified atom stereocenters. The first kappa shape index (κ1) is 21.8. The molecule has 1 aliphatic heterocycles. The van der Waals surface area contributed by atoms with E-state index in [4.69, 9.17) is 4.74 Å². The molecule has 1 amide bonds. The summed E-state index contributed by atoms with van der Waals surface area (Å²) in [7, 11) is -3.86. The first-order chi connectivity index (χ1) is 14.2. The van der Waals surface area contributed by atoms with Crippen LogP contribution < -0.4 is 9.62 Å². The second-order valence-electron chi connectivity index (χ2n) is 7.46. The van der Waals surface area contributed by atoms with E-state index in [1.807, 2.05) is 32.9 Å². The number of ether oxygens (including phenoxy) is 1. The topological polar surface area (TPSA) is 92.8 Å². The molecule has 0 saturated carbocycles. The van der Waals surface area contributed by atoms with Gasteiger partial charge in [-0.15, -0.1) is 0 Å². The molecule has 0 saturated heterocycles. The monoisotopic (exact) mass is 430 g/mol. The van der Waals surface area contributed by atoms with Gasteiger partial charge in [0.25, 0.3) is 15.9 Å². The van der Waals surface area contributed by atoms with Crippen molar-refractivity contribution >= 4 is 27.6 Å². The third-order valence-electron chi connectivity index (χ3n) is 5.13. The van der Waals surface area contributed by atoms with Crippen LogP contribution in [0.1, 0.15) is 43.1 Å². The second kappa shape index (κ2) is 8.87. The van der Waals surface area contributed by atoms with Gasteiger partial charge < -0.3 is 10.1 Å². The lowest BCUT2D eigenvalue weighted by Gasteiger charge is -2.24. The molecule has 0 aromatic heterocycles. The number of nitrogens with one attached hydrogen (secondary N) is 1. The summed E-state index contributed by atoms with van der Waals surface area (Å²) in [6.07, 6.45) is 1.39. The first-order valence-corrected chi connectivity index (χ1v) is 11.4. The number of esters is 1. The highest BCUT2D eigenvalue weighted by molar-refractivity contribution is 7.92. The van der Waals surface area contributed by atoms with Crippen LogP contribution in [0.25, 0.3) is 0 Å². The molecular weight excluding hydrogens is 404 g/mol. The van der Waals surface area contributed by atoms with Gasteiger partial charge in [0, 0.05) is 12.1 Å². The average molecular weight is 431 g/mol. The van der Waals surface area contributed by atoms with Gasteiger partial charge in [-0.25, -0.2) is 13.2 Å². The third-order valence-corrected chi connectivity index (χ3v) is 7.05. The maximum atomic E-state index is 13.3.